The van der Waals surface area contributed by atoms with Gasteiger partial charge >= 0.3 is 0 Å². The summed E-state index contributed by atoms with van der Waals surface area (Å²) in [5.41, 5.74) is 1.33. The van der Waals surface area contributed by atoms with E-state index in [1.165, 1.54) is 31.2 Å². The van der Waals surface area contributed by atoms with E-state index in [-0.39, 0.29) is 0 Å². The van der Waals surface area contributed by atoms with Gasteiger partial charge in [0, 0.05) is 18.0 Å². The van der Waals surface area contributed by atoms with Gasteiger partial charge in [0.15, 0.2) is 0 Å². The van der Waals surface area contributed by atoms with Crippen LogP contribution in [0, 0.1) is 0 Å². The fourth-order valence-corrected chi connectivity index (χ4v) is 2.61. The molecule has 2 nitrogen and oxygen atoms in total. The van der Waals surface area contributed by atoms with Crippen LogP contribution in [0.3, 0.4) is 0 Å². The van der Waals surface area contributed by atoms with Crippen molar-refractivity contribution in [3.8, 4) is 5.75 Å². The lowest BCUT2D eigenvalue weighted by molar-refractivity contribution is 0.138. The Morgan fingerprint density at radius 3 is 2.83 bits per heavy atom. The maximum absolute atomic E-state index is 6.10. The first-order valence-electron chi connectivity index (χ1n) is 7.34. The Labute approximate surface area is 111 Å². The van der Waals surface area contributed by atoms with E-state index in [0.29, 0.717) is 12.1 Å². The lowest BCUT2D eigenvalue weighted by Gasteiger charge is -2.33. The normalized spacial score (nSPS) is 22.3. The zero-order chi connectivity index (χ0) is 12.8. The molecule has 1 heterocycles. The van der Waals surface area contributed by atoms with Gasteiger partial charge in [-0.15, -0.1) is 0 Å². The summed E-state index contributed by atoms with van der Waals surface area (Å²) in [5, 5.41) is 3.65. The second-order valence-electron chi connectivity index (χ2n) is 5.16. The zero-order valence-corrected chi connectivity index (χ0v) is 11.6. The zero-order valence-electron chi connectivity index (χ0n) is 11.6. The van der Waals surface area contributed by atoms with Gasteiger partial charge in [-0.3, -0.25) is 0 Å². The fourth-order valence-electron chi connectivity index (χ4n) is 2.61. The van der Waals surface area contributed by atoms with Crippen LogP contribution < -0.4 is 10.1 Å². The minimum absolute atomic E-state index is 0.384. The minimum atomic E-state index is 0.384. The predicted octanol–water partition coefficient (Wildman–Crippen LogP) is 4.07. The van der Waals surface area contributed by atoms with Crippen LogP contribution in [0.1, 0.15) is 57.6 Å². The summed E-state index contributed by atoms with van der Waals surface area (Å²) in [6, 6.07) is 8.94. The van der Waals surface area contributed by atoms with E-state index < -0.39 is 0 Å². The van der Waals surface area contributed by atoms with Gasteiger partial charge in [0.2, 0.25) is 0 Å². The molecule has 100 valence electrons. The molecule has 1 aliphatic heterocycles. The van der Waals surface area contributed by atoms with Gasteiger partial charge < -0.3 is 10.1 Å². The van der Waals surface area contributed by atoms with E-state index in [1.54, 1.807) is 0 Å². The van der Waals surface area contributed by atoms with Gasteiger partial charge in [-0.1, -0.05) is 44.9 Å². The molecule has 0 saturated carbocycles. The highest BCUT2D eigenvalue weighted by Crippen LogP contribution is 2.35. The summed E-state index contributed by atoms with van der Waals surface area (Å²) in [6.45, 7) is 5.54. The third kappa shape index (κ3) is 3.26. The van der Waals surface area contributed by atoms with Crippen molar-refractivity contribution in [3.63, 3.8) is 0 Å². The van der Waals surface area contributed by atoms with Crippen LogP contribution in [0.5, 0.6) is 5.75 Å². The van der Waals surface area contributed by atoms with Crippen molar-refractivity contribution >= 4 is 0 Å². The Balaban J connectivity index is 2.08. The molecule has 0 saturated heterocycles. The van der Waals surface area contributed by atoms with Crippen LogP contribution in [-0.2, 0) is 0 Å². The van der Waals surface area contributed by atoms with Crippen LogP contribution in [0.15, 0.2) is 24.3 Å². The molecular formula is C16H25NO. The fraction of sp³-hybridized carbons (Fsp3) is 0.625. The first-order valence-corrected chi connectivity index (χ1v) is 7.34. The topological polar surface area (TPSA) is 21.3 Å². The molecule has 18 heavy (non-hydrogen) atoms. The molecule has 1 N–H and O–H groups in total. The summed E-state index contributed by atoms with van der Waals surface area (Å²) in [6.07, 6.45) is 6.35. The lowest BCUT2D eigenvalue weighted by Crippen LogP contribution is -2.33. The average Bonchev–Trinajstić information content (AvgIpc) is 2.42. The Hall–Kier alpha value is -1.02. The summed E-state index contributed by atoms with van der Waals surface area (Å²) < 4.78 is 6.10. The van der Waals surface area contributed by atoms with E-state index in [9.17, 15) is 0 Å². The Morgan fingerprint density at radius 1 is 1.22 bits per heavy atom. The van der Waals surface area contributed by atoms with Crippen molar-refractivity contribution in [1.29, 1.82) is 0 Å². The van der Waals surface area contributed by atoms with Crippen molar-refractivity contribution in [2.24, 2.45) is 0 Å². The molecule has 0 bridgehead atoms. The predicted molar refractivity (Wildman–Crippen MR) is 76.0 cm³/mol. The van der Waals surface area contributed by atoms with Crippen LogP contribution in [0.4, 0.5) is 0 Å². The van der Waals surface area contributed by atoms with E-state index in [0.717, 1.165) is 18.7 Å². The van der Waals surface area contributed by atoms with Crippen LogP contribution >= 0.6 is 0 Å². The molecule has 2 unspecified atom stereocenters. The highest BCUT2D eigenvalue weighted by Gasteiger charge is 2.26. The average molecular weight is 247 g/mol. The van der Waals surface area contributed by atoms with Gasteiger partial charge in [-0.25, -0.2) is 0 Å². The van der Waals surface area contributed by atoms with Gasteiger partial charge in [0.1, 0.15) is 11.9 Å². The molecule has 0 aromatic heterocycles. The molecule has 0 spiro atoms. The highest BCUT2D eigenvalue weighted by atomic mass is 16.5. The monoisotopic (exact) mass is 247 g/mol. The highest BCUT2D eigenvalue weighted by molar-refractivity contribution is 5.37. The summed E-state index contributed by atoms with van der Waals surface area (Å²) in [4.78, 5) is 0. The molecule has 2 heteroatoms. The van der Waals surface area contributed by atoms with E-state index in [4.69, 9.17) is 4.74 Å². The van der Waals surface area contributed by atoms with Crippen LogP contribution in [0.2, 0.25) is 0 Å². The van der Waals surface area contributed by atoms with Gasteiger partial charge in [-0.05, 0) is 25.5 Å². The van der Waals surface area contributed by atoms with Crippen molar-refractivity contribution in [2.45, 2.75) is 58.1 Å². The van der Waals surface area contributed by atoms with Crippen molar-refractivity contribution < 1.29 is 4.74 Å². The summed E-state index contributed by atoms with van der Waals surface area (Å²) >= 11 is 0. The SMILES string of the molecule is CCCCC1CC(NCCC)c2ccccc2O1. The van der Waals surface area contributed by atoms with Crippen molar-refractivity contribution in [2.75, 3.05) is 6.54 Å². The number of fused-ring (bicyclic) bond motifs is 1. The number of para-hydroxylation sites is 1. The number of hydrogen-bond donors (Lipinski definition) is 1. The molecule has 0 fully saturated rings. The number of ether oxygens (including phenoxy) is 1. The molecule has 2 rings (SSSR count). The van der Waals surface area contributed by atoms with E-state index >= 15 is 0 Å². The first kappa shape index (κ1) is 13.4. The Morgan fingerprint density at radius 2 is 2.06 bits per heavy atom. The quantitative estimate of drug-likeness (QED) is 0.818. The molecule has 1 aromatic rings. The first-order chi connectivity index (χ1) is 8.85. The van der Waals surface area contributed by atoms with Gasteiger partial charge in [-0.2, -0.15) is 0 Å². The van der Waals surface area contributed by atoms with Crippen LogP contribution in [0.25, 0.3) is 0 Å². The number of benzene rings is 1. The molecule has 1 aromatic carbocycles. The smallest absolute Gasteiger partial charge is 0.124 e. The van der Waals surface area contributed by atoms with Crippen molar-refractivity contribution in [3.05, 3.63) is 29.8 Å². The Bertz CT molecular complexity index is 364. The van der Waals surface area contributed by atoms with Crippen LogP contribution in [-0.4, -0.2) is 12.6 Å². The maximum Gasteiger partial charge on any atom is 0.124 e. The molecule has 0 radical (unpaired) electrons. The second kappa shape index (κ2) is 6.79. The standard InChI is InChI=1S/C16H25NO/c1-3-5-8-13-12-15(17-11-4-2)14-9-6-7-10-16(14)18-13/h6-7,9-10,13,15,17H,3-5,8,11-12H2,1-2H3. The number of unbranched alkanes of at least 4 members (excludes halogenated alkanes) is 1. The van der Waals surface area contributed by atoms with Gasteiger partial charge in [0.05, 0.1) is 0 Å². The molecule has 0 amide bonds. The lowest BCUT2D eigenvalue weighted by atomic mass is 9.94. The number of rotatable bonds is 6. The van der Waals surface area contributed by atoms with E-state index in [2.05, 4.69) is 43.4 Å². The number of hydrogen-bond acceptors (Lipinski definition) is 2. The van der Waals surface area contributed by atoms with Crippen molar-refractivity contribution in [1.82, 2.24) is 5.32 Å². The summed E-state index contributed by atoms with van der Waals surface area (Å²) in [7, 11) is 0. The maximum atomic E-state index is 6.10. The third-order valence-electron chi connectivity index (χ3n) is 3.61. The largest absolute Gasteiger partial charge is 0.490 e. The Kier molecular flexibility index (Phi) is 5.06. The van der Waals surface area contributed by atoms with Gasteiger partial charge in [0.25, 0.3) is 0 Å². The molecule has 1 aliphatic rings. The third-order valence-corrected chi connectivity index (χ3v) is 3.61. The molecule has 2 atom stereocenters. The molecule has 0 aliphatic carbocycles. The van der Waals surface area contributed by atoms with E-state index in [1.807, 2.05) is 0 Å². The summed E-state index contributed by atoms with van der Waals surface area (Å²) in [5.74, 6) is 1.08. The minimum Gasteiger partial charge on any atom is -0.490 e. The second-order valence-corrected chi connectivity index (χ2v) is 5.16. The number of nitrogens with one attached hydrogen (secondary N) is 1. The molecular weight excluding hydrogens is 222 g/mol.